The van der Waals surface area contributed by atoms with Gasteiger partial charge in [0.2, 0.25) is 0 Å². The summed E-state index contributed by atoms with van der Waals surface area (Å²) in [4.78, 5) is 2.51. The van der Waals surface area contributed by atoms with Gasteiger partial charge in [0.25, 0.3) is 0 Å². The maximum absolute atomic E-state index is 9.70. The van der Waals surface area contributed by atoms with E-state index in [1.807, 2.05) is 6.92 Å². The van der Waals surface area contributed by atoms with E-state index < -0.39 is 0 Å². The second kappa shape index (κ2) is 5.55. The molecule has 0 aromatic carbocycles. The Morgan fingerprint density at radius 3 is 2.73 bits per heavy atom. The van der Waals surface area contributed by atoms with Crippen molar-refractivity contribution in [2.45, 2.75) is 45.5 Å². The van der Waals surface area contributed by atoms with Gasteiger partial charge in [0.15, 0.2) is 0 Å². The number of hydrogen-bond acceptors (Lipinski definition) is 3. The van der Waals surface area contributed by atoms with Crippen LogP contribution in [0.4, 0.5) is 0 Å². The van der Waals surface area contributed by atoms with Crippen LogP contribution < -0.4 is 0 Å². The molecule has 0 spiro atoms. The largest absolute Gasteiger partial charge is 0.393 e. The van der Waals surface area contributed by atoms with Crippen LogP contribution in [-0.2, 0) is 0 Å². The predicted octanol–water partition coefficient (Wildman–Crippen LogP) is 2.22. The first-order valence-electron chi connectivity index (χ1n) is 5.97. The van der Waals surface area contributed by atoms with Crippen molar-refractivity contribution in [2.75, 3.05) is 25.4 Å². The smallest absolute Gasteiger partial charge is 0.0575 e. The van der Waals surface area contributed by atoms with Gasteiger partial charge in [0.05, 0.1) is 6.10 Å². The Kier molecular flexibility index (Phi) is 4.94. The minimum atomic E-state index is -0.229. The molecule has 1 N–H and O–H groups in total. The van der Waals surface area contributed by atoms with Gasteiger partial charge in [-0.2, -0.15) is 11.8 Å². The maximum atomic E-state index is 9.70. The molecule has 1 aliphatic heterocycles. The molecule has 15 heavy (non-hydrogen) atoms. The van der Waals surface area contributed by atoms with Crippen LogP contribution in [0.25, 0.3) is 0 Å². The second-order valence-corrected chi connectivity index (χ2v) is 6.71. The molecular formula is C12H25NOS. The zero-order valence-corrected chi connectivity index (χ0v) is 11.3. The normalized spacial score (nSPS) is 26.6. The van der Waals surface area contributed by atoms with Crippen LogP contribution in [-0.4, -0.2) is 46.7 Å². The van der Waals surface area contributed by atoms with E-state index in [1.165, 1.54) is 25.3 Å². The van der Waals surface area contributed by atoms with Gasteiger partial charge in [-0.3, -0.25) is 0 Å². The second-order valence-electron chi connectivity index (χ2n) is 5.30. The van der Waals surface area contributed by atoms with E-state index in [-0.39, 0.29) is 11.5 Å². The average molecular weight is 231 g/mol. The van der Waals surface area contributed by atoms with Gasteiger partial charge in [-0.25, -0.2) is 0 Å². The lowest BCUT2D eigenvalue weighted by Crippen LogP contribution is -2.45. The highest BCUT2D eigenvalue weighted by atomic mass is 32.2. The molecule has 2 atom stereocenters. The number of aliphatic hydroxyl groups excluding tert-OH is 1. The monoisotopic (exact) mass is 231 g/mol. The fourth-order valence-corrected chi connectivity index (χ4v) is 3.13. The number of nitrogens with zero attached hydrogens (tertiary/aromatic N) is 1. The first-order chi connectivity index (χ1) is 6.95. The fourth-order valence-electron chi connectivity index (χ4n) is 1.88. The Balaban J connectivity index is 2.44. The zero-order chi connectivity index (χ0) is 11.5. The van der Waals surface area contributed by atoms with Crippen LogP contribution in [0.15, 0.2) is 0 Å². The molecule has 1 fully saturated rings. The van der Waals surface area contributed by atoms with Crippen LogP contribution in [0.3, 0.4) is 0 Å². The van der Waals surface area contributed by atoms with Crippen molar-refractivity contribution in [2.24, 2.45) is 5.41 Å². The lowest BCUT2D eigenvalue weighted by Gasteiger charge is -2.38. The highest BCUT2D eigenvalue weighted by Crippen LogP contribution is 2.26. The summed E-state index contributed by atoms with van der Waals surface area (Å²) >= 11 is 2.10. The third kappa shape index (κ3) is 3.97. The molecule has 0 bridgehead atoms. The quantitative estimate of drug-likeness (QED) is 0.802. The Morgan fingerprint density at radius 2 is 2.20 bits per heavy atom. The zero-order valence-electron chi connectivity index (χ0n) is 10.5. The van der Waals surface area contributed by atoms with Crippen LogP contribution >= 0.6 is 11.8 Å². The van der Waals surface area contributed by atoms with Gasteiger partial charge in [0, 0.05) is 36.1 Å². The van der Waals surface area contributed by atoms with Crippen molar-refractivity contribution in [1.29, 1.82) is 0 Å². The van der Waals surface area contributed by atoms with Crippen molar-refractivity contribution >= 4 is 11.8 Å². The van der Waals surface area contributed by atoms with Crippen molar-refractivity contribution in [1.82, 2.24) is 4.90 Å². The average Bonchev–Trinajstić information content (AvgIpc) is 2.17. The minimum Gasteiger partial charge on any atom is -0.393 e. The number of hydrogen-bond donors (Lipinski definition) is 1. The van der Waals surface area contributed by atoms with E-state index in [1.54, 1.807) is 0 Å². The van der Waals surface area contributed by atoms with E-state index in [9.17, 15) is 5.11 Å². The van der Waals surface area contributed by atoms with Crippen LogP contribution in [0.1, 0.15) is 34.1 Å². The SMILES string of the molecule is CCC1CN(CC(C)(C)C(C)O)CCS1. The first kappa shape index (κ1) is 13.3. The van der Waals surface area contributed by atoms with Crippen molar-refractivity contribution in [3.63, 3.8) is 0 Å². The third-order valence-corrected chi connectivity index (χ3v) is 4.81. The number of aliphatic hydroxyl groups is 1. The van der Waals surface area contributed by atoms with E-state index >= 15 is 0 Å². The van der Waals surface area contributed by atoms with E-state index in [4.69, 9.17) is 0 Å². The summed E-state index contributed by atoms with van der Waals surface area (Å²) in [5.41, 5.74) is 0.0142. The Morgan fingerprint density at radius 1 is 1.53 bits per heavy atom. The van der Waals surface area contributed by atoms with Gasteiger partial charge < -0.3 is 10.0 Å². The predicted molar refractivity (Wildman–Crippen MR) is 68.4 cm³/mol. The lowest BCUT2D eigenvalue weighted by molar-refractivity contribution is 0.0352. The summed E-state index contributed by atoms with van der Waals surface area (Å²) in [6.45, 7) is 11.9. The first-order valence-corrected chi connectivity index (χ1v) is 7.02. The molecule has 1 aliphatic rings. The highest BCUT2D eigenvalue weighted by Gasteiger charge is 2.29. The van der Waals surface area contributed by atoms with Gasteiger partial charge >= 0.3 is 0 Å². The summed E-state index contributed by atoms with van der Waals surface area (Å²) in [6, 6.07) is 0. The Bertz CT molecular complexity index is 194. The van der Waals surface area contributed by atoms with E-state index in [0.717, 1.165) is 11.8 Å². The summed E-state index contributed by atoms with van der Waals surface area (Å²) in [7, 11) is 0. The van der Waals surface area contributed by atoms with Gasteiger partial charge in [-0.05, 0) is 13.3 Å². The summed E-state index contributed by atoms with van der Waals surface area (Å²) in [5, 5.41) is 10.5. The molecule has 1 rings (SSSR count). The van der Waals surface area contributed by atoms with Gasteiger partial charge in [-0.15, -0.1) is 0 Å². The van der Waals surface area contributed by atoms with E-state index in [2.05, 4.69) is 37.4 Å². The molecule has 0 aromatic rings. The van der Waals surface area contributed by atoms with Crippen molar-refractivity contribution in [3.05, 3.63) is 0 Å². The third-order valence-electron chi connectivity index (χ3n) is 3.44. The molecule has 0 aliphatic carbocycles. The molecule has 2 unspecified atom stereocenters. The molecule has 0 aromatic heterocycles. The molecule has 90 valence electrons. The summed E-state index contributed by atoms with van der Waals surface area (Å²) in [5.74, 6) is 1.24. The topological polar surface area (TPSA) is 23.5 Å². The molecular weight excluding hydrogens is 206 g/mol. The van der Waals surface area contributed by atoms with Crippen LogP contribution in [0.5, 0.6) is 0 Å². The summed E-state index contributed by atoms with van der Waals surface area (Å²) < 4.78 is 0. The van der Waals surface area contributed by atoms with Crippen molar-refractivity contribution in [3.8, 4) is 0 Å². The van der Waals surface area contributed by atoms with Crippen LogP contribution in [0, 0.1) is 5.41 Å². The maximum Gasteiger partial charge on any atom is 0.0575 e. The van der Waals surface area contributed by atoms with Crippen molar-refractivity contribution < 1.29 is 5.11 Å². The fraction of sp³-hybridized carbons (Fsp3) is 1.00. The van der Waals surface area contributed by atoms with Gasteiger partial charge in [-0.1, -0.05) is 20.8 Å². The molecule has 1 saturated heterocycles. The number of rotatable bonds is 4. The molecule has 1 heterocycles. The number of thioether (sulfide) groups is 1. The van der Waals surface area contributed by atoms with Crippen LogP contribution in [0.2, 0.25) is 0 Å². The Labute approximate surface area is 98.4 Å². The Hall–Kier alpha value is 0.270. The lowest BCUT2D eigenvalue weighted by atomic mass is 9.87. The van der Waals surface area contributed by atoms with Gasteiger partial charge in [0.1, 0.15) is 0 Å². The highest BCUT2D eigenvalue weighted by molar-refractivity contribution is 8.00. The molecule has 3 heteroatoms. The standard InChI is InChI=1S/C12H25NOS/c1-5-11-8-13(6-7-15-11)9-12(3,4)10(2)14/h10-11,14H,5-9H2,1-4H3. The molecule has 0 amide bonds. The molecule has 0 radical (unpaired) electrons. The summed E-state index contributed by atoms with van der Waals surface area (Å²) in [6.07, 6.45) is 1.03. The minimum absolute atomic E-state index is 0.0142. The molecule has 0 saturated carbocycles. The molecule has 2 nitrogen and oxygen atoms in total. The van der Waals surface area contributed by atoms with E-state index in [0.29, 0.717) is 0 Å².